The molecule has 1 aliphatic carbocycles. The summed E-state index contributed by atoms with van der Waals surface area (Å²) >= 11 is 0. The maximum Gasteiger partial charge on any atom is 0.306 e. The lowest BCUT2D eigenvalue weighted by atomic mass is 10.0. The summed E-state index contributed by atoms with van der Waals surface area (Å²) in [5.41, 5.74) is 1.08. The number of nitrogens with one attached hydrogen (secondary N) is 1. The minimum absolute atomic E-state index is 0.0776. The molecule has 7 heteroatoms. The second kappa shape index (κ2) is 7.65. The van der Waals surface area contributed by atoms with Gasteiger partial charge in [0.05, 0.1) is 19.1 Å². The molecule has 0 radical (unpaired) electrons. The monoisotopic (exact) mass is 346 g/mol. The SMILES string of the molecule is O=C(O)[C@@H]1CC[C@H](C(=O)Nc2cccc(C(=O)N3CCOCC3)c2)C1. The van der Waals surface area contributed by atoms with Gasteiger partial charge in [0.1, 0.15) is 0 Å². The number of carboxylic acids is 1. The molecule has 1 saturated heterocycles. The van der Waals surface area contributed by atoms with E-state index in [0.717, 1.165) is 0 Å². The van der Waals surface area contributed by atoms with E-state index in [2.05, 4.69) is 5.32 Å². The molecule has 0 spiro atoms. The molecule has 25 heavy (non-hydrogen) atoms. The Bertz CT molecular complexity index is 669. The van der Waals surface area contributed by atoms with Crippen LogP contribution in [0, 0.1) is 11.8 Å². The zero-order valence-corrected chi connectivity index (χ0v) is 13.9. The molecule has 1 heterocycles. The third kappa shape index (κ3) is 4.17. The average Bonchev–Trinajstić information content (AvgIpc) is 3.13. The van der Waals surface area contributed by atoms with Crippen LogP contribution in [-0.4, -0.2) is 54.1 Å². The van der Waals surface area contributed by atoms with Gasteiger partial charge in [-0.25, -0.2) is 0 Å². The van der Waals surface area contributed by atoms with Gasteiger partial charge in [0.25, 0.3) is 5.91 Å². The molecule has 134 valence electrons. The zero-order valence-electron chi connectivity index (χ0n) is 13.9. The van der Waals surface area contributed by atoms with Crippen molar-refractivity contribution in [1.82, 2.24) is 4.90 Å². The van der Waals surface area contributed by atoms with Gasteiger partial charge in [0, 0.05) is 30.3 Å². The van der Waals surface area contributed by atoms with Crippen LogP contribution in [-0.2, 0) is 14.3 Å². The summed E-state index contributed by atoms with van der Waals surface area (Å²) in [4.78, 5) is 37.6. The Morgan fingerprint density at radius 3 is 2.52 bits per heavy atom. The Morgan fingerprint density at radius 2 is 1.84 bits per heavy atom. The molecule has 2 amide bonds. The molecule has 2 N–H and O–H groups in total. The maximum absolute atomic E-state index is 12.5. The standard InChI is InChI=1S/C18H22N2O5/c21-16(12-4-5-14(10-12)18(23)24)19-15-3-1-2-13(11-15)17(22)20-6-8-25-9-7-20/h1-3,11-12,14H,4-10H2,(H,19,21)(H,23,24)/t12-,14+/m0/s1. The van der Waals surface area contributed by atoms with Crippen molar-refractivity contribution in [2.45, 2.75) is 19.3 Å². The van der Waals surface area contributed by atoms with Crippen molar-refractivity contribution >= 4 is 23.5 Å². The smallest absolute Gasteiger partial charge is 0.306 e. The van der Waals surface area contributed by atoms with Crippen molar-refractivity contribution < 1.29 is 24.2 Å². The molecule has 1 aromatic rings. The first kappa shape index (κ1) is 17.4. The number of nitrogens with zero attached hydrogens (tertiary/aromatic N) is 1. The van der Waals surface area contributed by atoms with Gasteiger partial charge in [-0.1, -0.05) is 6.07 Å². The highest BCUT2D eigenvalue weighted by Gasteiger charge is 2.33. The number of rotatable bonds is 4. The number of anilines is 1. The minimum atomic E-state index is -0.839. The van der Waals surface area contributed by atoms with Gasteiger partial charge in [-0.3, -0.25) is 14.4 Å². The summed E-state index contributed by atoms with van der Waals surface area (Å²) in [5.74, 6) is -1.83. The number of hydrogen-bond donors (Lipinski definition) is 2. The predicted octanol–water partition coefficient (Wildman–Crippen LogP) is 1.60. The molecule has 7 nitrogen and oxygen atoms in total. The number of ether oxygens (including phenoxy) is 1. The Kier molecular flexibility index (Phi) is 5.33. The highest BCUT2D eigenvalue weighted by Crippen LogP contribution is 2.32. The van der Waals surface area contributed by atoms with Crippen LogP contribution in [0.15, 0.2) is 24.3 Å². The second-order valence-corrected chi connectivity index (χ2v) is 6.52. The van der Waals surface area contributed by atoms with E-state index < -0.39 is 11.9 Å². The van der Waals surface area contributed by atoms with Gasteiger partial charge in [0.15, 0.2) is 0 Å². The van der Waals surface area contributed by atoms with Gasteiger partial charge in [0.2, 0.25) is 5.91 Å². The van der Waals surface area contributed by atoms with E-state index in [1.54, 1.807) is 29.2 Å². The molecule has 2 fully saturated rings. The highest BCUT2D eigenvalue weighted by atomic mass is 16.5. The fourth-order valence-electron chi connectivity index (χ4n) is 3.37. The van der Waals surface area contributed by atoms with E-state index >= 15 is 0 Å². The van der Waals surface area contributed by atoms with Gasteiger partial charge < -0.3 is 20.1 Å². The van der Waals surface area contributed by atoms with Crippen LogP contribution in [0.3, 0.4) is 0 Å². The van der Waals surface area contributed by atoms with Crippen LogP contribution in [0.4, 0.5) is 5.69 Å². The quantitative estimate of drug-likeness (QED) is 0.863. The number of morpholine rings is 1. The highest BCUT2D eigenvalue weighted by molar-refractivity contribution is 5.98. The van der Waals surface area contributed by atoms with Crippen molar-refractivity contribution in [3.63, 3.8) is 0 Å². The predicted molar refractivity (Wildman–Crippen MR) is 90.3 cm³/mol. The zero-order chi connectivity index (χ0) is 17.8. The first-order valence-corrected chi connectivity index (χ1v) is 8.55. The fraction of sp³-hybridized carbons (Fsp3) is 0.500. The van der Waals surface area contributed by atoms with Crippen LogP contribution >= 0.6 is 0 Å². The summed E-state index contributed by atoms with van der Waals surface area (Å²) < 4.78 is 5.25. The first-order valence-electron chi connectivity index (χ1n) is 8.55. The number of carboxylic acid groups (broad SMARTS) is 1. The van der Waals surface area contributed by atoms with E-state index in [1.807, 2.05) is 0 Å². The summed E-state index contributed by atoms with van der Waals surface area (Å²) in [6, 6.07) is 6.86. The minimum Gasteiger partial charge on any atom is -0.481 e. The van der Waals surface area contributed by atoms with E-state index in [-0.39, 0.29) is 17.7 Å². The summed E-state index contributed by atoms with van der Waals surface area (Å²) in [6.45, 7) is 2.20. The van der Waals surface area contributed by atoms with Crippen molar-refractivity contribution in [2.75, 3.05) is 31.6 Å². The maximum atomic E-state index is 12.5. The normalized spacial score (nSPS) is 23.3. The van der Waals surface area contributed by atoms with Crippen molar-refractivity contribution in [1.29, 1.82) is 0 Å². The van der Waals surface area contributed by atoms with E-state index in [1.165, 1.54) is 0 Å². The van der Waals surface area contributed by atoms with E-state index in [4.69, 9.17) is 9.84 Å². The van der Waals surface area contributed by atoms with Crippen molar-refractivity contribution in [3.05, 3.63) is 29.8 Å². The lowest BCUT2D eigenvalue weighted by Gasteiger charge is -2.27. The number of amides is 2. The third-order valence-electron chi connectivity index (χ3n) is 4.83. The number of hydrogen-bond acceptors (Lipinski definition) is 4. The number of carbonyl (C=O) groups is 3. The van der Waals surface area contributed by atoms with Crippen molar-refractivity contribution in [3.8, 4) is 0 Å². The van der Waals surface area contributed by atoms with Gasteiger partial charge in [-0.15, -0.1) is 0 Å². The van der Waals surface area contributed by atoms with Crippen LogP contribution in [0.5, 0.6) is 0 Å². The van der Waals surface area contributed by atoms with Crippen LogP contribution < -0.4 is 5.32 Å². The summed E-state index contributed by atoms with van der Waals surface area (Å²) in [6.07, 6.45) is 1.48. The molecule has 3 rings (SSSR count). The molecule has 1 aliphatic heterocycles. The summed E-state index contributed by atoms with van der Waals surface area (Å²) in [5, 5.41) is 11.9. The lowest BCUT2D eigenvalue weighted by molar-refractivity contribution is -0.141. The molecule has 0 unspecified atom stereocenters. The molecule has 1 aromatic carbocycles. The third-order valence-corrected chi connectivity index (χ3v) is 4.83. The number of benzene rings is 1. The lowest BCUT2D eigenvalue weighted by Crippen LogP contribution is -2.40. The molecule has 2 aliphatic rings. The van der Waals surface area contributed by atoms with E-state index in [0.29, 0.717) is 56.8 Å². The Labute approximate surface area is 146 Å². The van der Waals surface area contributed by atoms with E-state index in [9.17, 15) is 14.4 Å². The van der Waals surface area contributed by atoms with Gasteiger partial charge in [-0.05, 0) is 37.5 Å². The Hall–Kier alpha value is -2.41. The molecular weight excluding hydrogens is 324 g/mol. The molecular formula is C18H22N2O5. The van der Waals surface area contributed by atoms with Crippen LogP contribution in [0.2, 0.25) is 0 Å². The molecule has 1 saturated carbocycles. The molecule has 0 bridgehead atoms. The number of carbonyl (C=O) groups excluding carboxylic acids is 2. The second-order valence-electron chi connectivity index (χ2n) is 6.52. The molecule has 2 atom stereocenters. The largest absolute Gasteiger partial charge is 0.481 e. The fourth-order valence-corrected chi connectivity index (χ4v) is 3.37. The first-order chi connectivity index (χ1) is 12.0. The van der Waals surface area contributed by atoms with Crippen LogP contribution in [0.25, 0.3) is 0 Å². The average molecular weight is 346 g/mol. The molecule has 0 aromatic heterocycles. The van der Waals surface area contributed by atoms with Crippen molar-refractivity contribution in [2.24, 2.45) is 11.8 Å². The van der Waals surface area contributed by atoms with Gasteiger partial charge in [-0.2, -0.15) is 0 Å². The Morgan fingerprint density at radius 1 is 1.12 bits per heavy atom. The topological polar surface area (TPSA) is 95.9 Å². The Balaban J connectivity index is 1.62. The number of aliphatic carboxylic acids is 1. The van der Waals surface area contributed by atoms with Crippen LogP contribution in [0.1, 0.15) is 29.6 Å². The summed E-state index contributed by atoms with van der Waals surface area (Å²) in [7, 11) is 0. The van der Waals surface area contributed by atoms with Gasteiger partial charge >= 0.3 is 5.97 Å².